The maximum absolute atomic E-state index is 13.7. The molecular weight excluding hydrogens is 564 g/mol. The first-order valence-electron chi connectivity index (χ1n) is 15.0. The average molecular weight is 605 g/mol. The molecular formula is C33H40N4O5S. The highest BCUT2D eigenvalue weighted by molar-refractivity contribution is 7.92. The van der Waals surface area contributed by atoms with E-state index in [0.717, 1.165) is 54.4 Å². The summed E-state index contributed by atoms with van der Waals surface area (Å²) in [6.07, 6.45) is 4.08. The Morgan fingerprint density at radius 3 is 2.47 bits per heavy atom. The highest BCUT2D eigenvalue weighted by Crippen LogP contribution is 2.68. The van der Waals surface area contributed by atoms with Gasteiger partial charge in [-0.05, 0) is 86.1 Å². The Labute approximate surface area is 253 Å². The number of anilines is 1. The first-order chi connectivity index (χ1) is 20.4. The molecule has 2 aliphatic carbocycles. The molecule has 2 fully saturated rings. The Bertz CT molecular complexity index is 1640. The lowest BCUT2D eigenvalue weighted by atomic mass is 9.39. The van der Waals surface area contributed by atoms with Crippen LogP contribution in [0.25, 0.3) is 11.3 Å². The third-order valence-electron chi connectivity index (χ3n) is 9.60. The number of nitrogens with zero attached hydrogens (tertiary/aromatic N) is 2. The van der Waals surface area contributed by atoms with E-state index in [1.165, 1.54) is 7.11 Å². The summed E-state index contributed by atoms with van der Waals surface area (Å²) >= 11 is 0. The lowest BCUT2D eigenvalue weighted by molar-refractivity contribution is -0.103. The van der Waals surface area contributed by atoms with Crippen LogP contribution >= 0.6 is 0 Å². The van der Waals surface area contributed by atoms with Crippen LogP contribution in [0.15, 0.2) is 53.4 Å². The van der Waals surface area contributed by atoms with Gasteiger partial charge in [0.1, 0.15) is 0 Å². The fourth-order valence-electron chi connectivity index (χ4n) is 7.87. The smallest absolute Gasteiger partial charge is 0.407 e. The predicted octanol–water partition coefficient (Wildman–Crippen LogP) is 6.15. The number of amides is 1. The molecule has 1 atom stereocenters. The van der Waals surface area contributed by atoms with Crippen molar-refractivity contribution in [1.29, 1.82) is 0 Å². The Kier molecular flexibility index (Phi) is 7.39. The fourth-order valence-corrected chi connectivity index (χ4v) is 8.86. The second kappa shape index (κ2) is 10.8. The van der Waals surface area contributed by atoms with Crippen LogP contribution in [-0.4, -0.2) is 44.2 Å². The van der Waals surface area contributed by atoms with Gasteiger partial charge in [0.2, 0.25) is 11.8 Å². The summed E-state index contributed by atoms with van der Waals surface area (Å²) in [5.74, 6) is 0.860. The van der Waals surface area contributed by atoms with E-state index < -0.39 is 16.1 Å². The first kappa shape index (κ1) is 29.4. The summed E-state index contributed by atoms with van der Waals surface area (Å²) in [5, 5.41) is 2.94. The molecule has 0 unspecified atom stereocenters. The molecule has 6 rings (SSSR count). The summed E-state index contributed by atoms with van der Waals surface area (Å²) in [7, 11) is -2.60. The number of aromatic nitrogens is 2. The van der Waals surface area contributed by atoms with Crippen molar-refractivity contribution in [3.05, 3.63) is 65.2 Å². The highest BCUT2D eigenvalue weighted by atomic mass is 32.2. The second-order valence-corrected chi connectivity index (χ2v) is 14.9. The zero-order chi connectivity index (χ0) is 30.6. The molecule has 3 aliphatic rings. The van der Waals surface area contributed by atoms with Gasteiger partial charge in [-0.25, -0.2) is 22.9 Å². The van der Waals surface area contributed by atoms with Gasteiger partial charge in [-0.2, -0.15) is 4.98 Å². The van der Waals surface area contributed by atoms with Crippen LogP contribution in [0.1, 0.15) is 62.6 Å². The van der Waals surface area contributed by atoms with Crippen LogP contribution in [0.2, 0.25) is 0 Å². The predicted molar refractivity (Wildman–Crippen MR) is 165 cm³/mol. The van der Waals surface area contributed by atoms with Crippen LogP contribution in [0.4, 0.5) is 10.7 Å². The van der Waals surface area contributed by atoms with E-state index in [0.29, 0.717) is 24.1 Å². The number of ether oxygens (including phenoxy) is 2. The number of alkyl carbamates (subject to hydrolysis) is 1. The quantitative estimate of drug-likeness (QED) is 0.366. The molecule has 2 N–H and O–H groups in total. The molecule has 1 aliphatic heterocycles. The molecule has 3 aromatic rings. The number of carbonyl (C=O) groups is 1. The van der Waals surface area contributed by atoms with E-state index in [1.54, 1.807) is 6.07 Å². The van der Waals surface area contributed by atoms with E-state index >= 15 is 0 Å². The van der Waals surface area contributed by atoms with E-state index in [1.807, 2.05) is 50.2 Å². The molecule has 2 spiro atoms. The molecule has 43 heavy (non-hydrogen) atoms. The van der Waals surface area contributed by atoms with Crippen LogP contribution in [0, 0.1) is 31.1 Å². The van der Waals surface area contributed by atoms with Crippen molar-refractivity contribution < 1.29 is 22.7 Å². The van der Waals surface area contributed by atoms with Gasteiger partial charge in [0.15, 0.2) is 0 Å². The zero-order valence-corrected chi connectivity index (χ0v) is 26.3. The molecule has 2 heterocycles. The van der Waals surface area contributed by atoms with Gasteiger partial charge in [-0.1, -0.05) is 44.2 Å². The zero-order valence-electron chi connectivity index (χ0n) is 25.4. The molecule has 0 radical (unpaired) electrons. The number of methoxy groups -OCH3 is 1. The third-order valence-corrected chi connectivity index (χ3v) is 10.9. The summed E-state index contributed by atoms with van der Waals surface area (Å²) in [6, 6.07) is 15.3. The molecule has 1 aromatic heterocycles. The van der Waals surface area contributed by atoms with Crippen molar-refractivity contribution in [3.63, 3.8) is 0 Å². The SMILES string of the molecule is COC(=O)NC1CC2(C1)CC1(C2)c2cccc(c2)S(=O)(=O)Nc2nc(cc(-c3c(C)cccc3C)n2)OC[C@H]1CC(C)C. The second-order valence-electron chi connectivity index (χ2n) is 13.2. The van der Waals surface area contributed by atoms with E-state index in [9.17, 15) is 13.2 Å². The van der Waals surface area contributed by atoms with Crippen LogP contribution in [0.5, 0.6) is 5.88 Å². The number of aryl methyl sites for hydroxylation is 2. The number of hydrogen-bond donors (Lipinski definition) is 2. The van der Waals surface area contributed by atoms with Gasteiger partial charge in [0, 0.05) is 29.0 Å². The van der Waals surface area contributed by atoms with Gasteiger partial charge in [-0.3, -0.25) is 0 Å². The molecule has 2 aromatic carbocycles. The maximum Gasteiger partial charge on any atom is 0.407 e. The number of carbonyl (C=O) groups excluding carboxylic acids is 1. The largest absolute Gasteiger partial charge is 0.477 e. The van der Waals surface area contributed by atoms with Crippen molar-refractivity contribution in [2.75, 3.05) is 18.4 Å². The molecule has 2 saturated carbocycles. The maximum atomic E-state index is 13.7. The number of benzene rings is 2. The van der Waals surface area contributed by atoms with Gasteiger partial charge in [0.05, 0.1) is 24.3 Å². The summed E-state index contributed by atoms with van der Waals surface area (Å²) in [6.45, 7) is 8.89. The third kappa shape index (κ3) is 5.46. The first-order valence-corrected chi connectivity index (χ1v) is 16.5. The van der Waals surface area contributed by atoms with E-state index in [-0.39, 0.29) is 33.6 Å². The van der Waals surface area contributed by atoms with E-state index in [2.05, 4.69) is 39.9 Å². The van der Waals surface area contributed by atoms with Gasteiger partial charge in [-0.15, -0.1) is 0 Å². The fraction of sp³-hybridized carbons (Fsp3) is 0.485. The Morgan fingerprint density at radius 2 is 1.79 bits per heavy atom. The number of hydrogen-bond acceptors (Lipinski definition) is 7. The van der Waals surface area contributed by atoms with Gasteiger partial charge in [0.25, 0.3) is 10.0 Å². The number of fused-ring (bicyclic) bond motifs is 5. The Balaban J connectivity index is 1.41. The topological polar surface area (TPSA) is 120 Å². The Morgan fingerprint density at radius 1 is 1.09 bits per heavy atom. The van der Waals surface area contributed by atoms with E-state index in [4.69, 9.17) is 9.47 Å². The molecule has 4 bridgehead atoms. The molecule has 228 valence electrons. The lowest BCUT2D eigenvalue weighted by Gasteiger charge is -2.66. The summed E-state index contributed by atoms with van der Waals surface area (Å²) in [5.41, 5.74) is 4.45. The normalized spacial score (nSPS) is 27.1. The average Bonchev–Trinajstić information content (AvgIpc) is 2.90. The molecule has 1 amide bonds. The Hall–Kier alpha value is -3.66. The van der Waals surface area contributed by atoms with Crippen LogP contribution < -0.4 is 14.8 Å². The van der Waals surface area contributed by atoms with Crippen molar-refractivity contribution >= 4 is 22.1 Å². The lowest BCUT2D eigenvalue weighted by Crippen LogP contribution is -2.64. The van der Waals surface area contributed by atoms with Crippen LogP contribution in [-0.2, 0) is 20.2 Å². The molecule has 0 saturated heterocycles. The number of nitrogens with one attached hydrogen (secondary N) is 2. The minimum absolute atomic E-state index is 0.0162. The van der Waals surface area contributed by atoms with Crippen molar-refractivity contribution in [3.8, 4) is 17.1 Å². The number of sulfonamides is 1. The van der Waals surface area contributed by atoms with Crippen molar-refractivity contribution in [2.45, 2.75) is 76.2 Å². The minimum Gasteiger partial charge on any atom is -0.477 e. The van der Waals surface area contributed by atoms with Crippen molar-refractivity contribution in [1.82, 2.24) is 15.3 Å². The molecule has 10 heteroatoms. The van der Waals surface area contributed by atoms with Gasteiger partial charge >= 0.3 is 6.09 Å². The monoisotopic (exact) mass is 604 g/mol. The minimum atomic E-state index is -3.98. The van der Waals surface area contributed by atoms with Gasteiger partial charge < -0.3 is 14.8 Å². The standard InChI is InChI=1S/C33H40N4O5S/c1-20(2)12-24-17-42-28-14-27(29-21(3)8-6-9-22(29)4)35-30(36-28)37-43(39,40)26-11-7-10-23(13-26)33(24)18-32(19-33)15-25(16-32)34-31(38)41-5/h6-11,13-14,20,24-25H,12,15-19H2,1-5H3,(H,34,38)(H,35,36,37)/t24-,25?,32?,33?/m1/s1. The summed E-state index contributed by atoms with van der Waals surface area (Å²) < 4.78 is 41.4. The molecule has 9 nitrogen and oxygen atoms in total. The highest BCUT2D eigenvalue weighted by Gasteiger charge is 2.63. The van der Waals surface area contributed by atoms with Crippen LogP contribution in [0.3, 0.4) is 0 Å². The number of rotatable bonds is 4. The summed E-state index contributed by atoms with van der Waals surface area (Å²) in [4.78, 5) is 21.1. The van der Waals surface area contributed by atoms with Crippen molar-refractivity contribution in [2.24, 2.45) is 17.3 Å².